The Morgan fingerprint density at radius 1 is 0.554 bits per heavy atom. The second-order valence-corrected chi connectivity index (χ2v) is 19.7. The van der Waals surface area contributed by atoms with E-state index >= 15 is 0 Å². The number of benzene rings is 4. The quantitative estimate of drug-likeness (QED) is 0.101. The zero-order valence-corrected chi connectivity index (χ0v) is 44.0. The van der Waals surface area contributed by atoms with Crippen LogP contribution in [0, 0.1) is 11.8 Å². The molecule has 1 N–H and O–H groups in total. The lowest BCUT2D eigenvalue weighted by Gasteiger charge is -2.23. The van der Waals surface area contributed by atoms with Gasteiger partial charge in [0.1, 0.15) is 53.1 Å². The molecule has 14 nitrogen and oxygen atoms in total. The van der Waals surface area contributed by atoms with E-state index in [4.69, 9.17) is 47.4 Å². The van der Waals surface area contributed by atoms with Crippen LogP contribution in [0.1, 0.15) is 100 Å². The molecule has 74 heavy (non-hydrogen) atoms. The van der Waals surface area contributed by atoms with E-state index < -0.39 is 60.1 Å². The van der Waals surface area contributed by atoms with Crippen LogP contribution in [0.2, 0.25) is 0 Å². The fraction of sp³-hybridized carbons (Fsp3) is 0.417. The summed E-state index contributed by atoms with van der Waals surface area (Å²) in [5, 5.41) is 10.9. The Balaban J connectivity index is 0.000000216. The fourth-order valence-electron chi connectivity index (χ4n) is 9.14. The second kappa shape index (κ2) is 24.9. The van der Waals surface area contributed by atoms with Crippen molar-refractivity contribution in [2.45, 2.75) is 123 Å². The number of carbonyl (C=O) groups is 3. The monoisotopic (exact) mass is 1010 g/mol. The summed E-state index contributed by atoms with van der Waals surface area (Å²) in [7, 11) is 3.05. The average Bonchev–Trinajstić information content (AvgIpc) is 3.88. The molecule has 4 aromatic rings. The van der Waals surface area contributed by atoms with E-state index in [0.29, 0.717) is 46.6 Å². The average molecular weight is 1020 g/mol. The third-order valence-corrected chi connectivity index (χ3v) is 13.2. The molecule has 8 rings (SSSR count). The van der Waals surface area contributed by atoms with Crippen molar-refractivity contribution >= 4 is 29.9 Å². The first-order valence-corrected chi connectivity index (χ1v) is 25.1. The maximum atomic E-state index is 13.6. The molecular weight excluding hydrogens is 945 g/mol. The predicted octanol–water partition coefficient (Wildman–Crippen LogP) is 11.0. The number of ketones is 1. The van der Waals surface area contributed by atoms with Gasteiger partial charge in [-0.2, -0.15) is 0 Å². The molecule has 4 aliphatic heterocycles. The number of esters is 2. The molecule has 0 amide bonds. The summed E-state index contributed by atoms with van der Waals surface area (Å²) in [6.45, 7) is 14.7. The molecule has 9 atom stereocenters. The fourth-order valence-corrected chi connectivity index (χ4v) is 9.14. The van der Waals surface area contributed by atoms with Crippen LogP contribution in [0.4, 0.5) is 0 Å². The van der Waals surface area contributed by atoms with Crippen molar-refractivity contribution in [2.24, 2.45) is 11.8 Å². The number of hydrogen-bond acceptors (Lipinski definition) is 14. The highest BCUT2D eigenvalue weighted by Crippen LogP contribution is 2.39. The first kappa shape index (κ1) is 55.5. The van der Waals surface area contributed by atoms with Gasteiger partial charge < -0.3 is 52.5 Å². The van der Waals surface area contributed by atoms with Gasteiger partial charge in [0.15, 0.2) is 30.9 Å². The Kier molecular flexibility index (Phi) is 18.7. The Morgan fingerprint density at radius 3 is 1.51 bits per heavy atom. The van der Waals surface area contributed by atoms with Crippen LogP contribution in [0.3, 0.4) is 0 Å². The number of aliphatic hydroxyl groups excluding tert-OH is 1. The van der Waals surface area contributed by atoms with Crippen LogP contribution in [-0.4, -0.2) is 105 Å². The molecule has 394 valence electrons. The predicted molar refractivity (Wildman–Crippen MR) is 281 cm³/mol. The minimum atomic E-state index is -0.882. The summed E-state index contributed by atoms with van der Waals surface area (Å²) in [5.74, 6) is -2.52. The van der Waals surface area contributed by atoms with Gasteiger partial charge in [-0.15, -0.1) is 0 Å². The highest BCUT2D eigenvalue weighted by Gasteiger charge is 2.45. The molecule has 0 spiro atoms. The Hall–Kier alpha value is -6.23. The number of fused-ring (bicyclic) bond motifs is 4. The van der Waals surface area contributed by atoms with Gasteiger partial charge in [0.05, 0.1) is 12.2 Å². The van der Waals surface area contributed by atoms with E-state index in [1.54, 1.807) is 45.1 Å². The van der Waals surface area contributed by atoms with Gasteiger partial charge in [-0.25, -0.2) is 9.59 Å². The van der Waals surface area contributed by atoms with E-state index in [2.05, 4.69) is 0 Å². The van der Waals surface area contributed by atoms with Gasteiger partial charge in [-0.05, 0) is 94.8 Å². The number of rotatable bonds is 8. The molecule has 14 heteroatoms. The number of methoxy groups -OCH3 is 2. The zero-order chi connectivity index (χ0) is 53.2. The van der Waals surface area contributed by atoms with E-state index in [0.717, 1.165) is 22.3 Å². The Labute approximate surface area is 434 Å². The maximum absolute atomic E-state index is 13.6. The molecule has 4 heterocycles. The van der Waals surface area contributed by atoms with Crippen LogP contribution in [0.15, 0.2) is 121 Å². The van der Waals surface area contributed by atoms with E-state index in [9.17, 15) is 19.5 Å². The first-order chi connectivity index (χ1) is 35.4. The van der Waals surface area contributed by atoms with Gasteiger partial charge in [-0.3, -0.25) is 4.79 Å². The molecule has 0 saturated carbocycles. The summed E-state index contributed by atoms with van der Waals surface area (Å²) < 4.78 is 57.8. The van der Waals surface area contributed by atoms with Gasteiger partial charge in [0.25, 0.3) is 0 Å². The lowest BCUT2D eigenvalue weighted by molar-refractivity contribution is -0.152. The van der Waals surface area contributed by atoms with Crippen LogP contribution >= 0.6 is 0 Å². The van der Waals surface area contributed by atoms with Crippen LogP contribution in [-0.2, 0) is 42.7 Å². The SMILES string of the molecule is COCOc1ccc(-c2ccccc2)c2c1C(=O)O[C@@H](C)[C@H](C)/C=C\C(=O)[C@H]1OC(C)(C)O[C@H]1CC=C2.COCOc1ccc(-c2ccccc2)c2c1C(=O)O[C@@H](C)[C@H](C)/C=C\C(O)[C@H]1OC(C)(C)O[C@H]1CC=C2. The number of aliphatic hydroxyl groups is 1. The lowest BCUT2D eigenvalue weighted by atomic mass is 9.93. The van der Waals surface area contributed by atoms with Crippen molar-refractivity contribution in [3.05, 3.63) is 144 Å². The maximum Gasteiger partial charge on any atom is 0.342 e. The molecule has 4 aliphatic rings. The number of cyclic esters (lactones) is 2. The zero-order valence-electron chi connectivity index (χ0n) is 44.0. The third kappa shape index (κ3) is 13.7. The van der Waals surface area contributed by atoms with Crippen molar-refractivity contribution in [3.63, 3.8) is 0 Å². The van der Waals surface area contributed by atoms with Crippen molar-refractivity contribution in [3.8, 4) is 33.8 Å². The van der Waals surface area contributed by atoms with Crippen molar-refractivity contribution in [1.82, 2.24) is 0 Å². The molecule has 2 saturated heterocycles. The minimum absolute atomic E-state index is 0.00921. The van der Waals surface area contributed by atoms with Crippen molar-refractivity contribution in [1.29, 1.82) is 0 Å². The van der Waals surface area contributed by atoms with Gasteiger partial charge >= 0.3 is 11.9 Å². The van der Waals surface area contributed by atoms with E-state index in [1.165, 1.54) is 20.3 Å². The summed E-state index contributed by atoms with van der Waals surface area (Å²) in [5.41, 5.74) is 5.57. The summed E-state index contributed by atoms with van der Waals surface area (Å²) in [4.78, 5) is 40.3. The number of carbonyl (C=O) groups excluding carboxylic acids is 3. The number of hydrogen-bond donors (Lipinski definition) is 1. The molecule has 1 unspecified atom stereocenters. The van der Waals surface area contributed by atoms with Gasteiger partial charge in [0.2, 0.25) is 0 Å². The van der Waals surface area contributed by atoms with Crippen LogP contribution in [0.5, 0.6) is 11.5 Å². The van der Waals surface area contributed by atoms with Crippen molar-refractivity contribution in [2.75, 3.05) is 27.8 Å². The molecule has 2 fully saturated rings. The summed E-state index contributed by atoms with van der Waals surface area (Å²) >= 11 is 0. The smallest absolute Gasteiger partial charge is 0.342 e. The molecule has 4 aromatic carbocycles. The Bertz CT molecular complexity index is 2690. The summed E-state index contributed by atoms with van der Waals surface area (Å²) in [6, 6.07) is 27.0. The van der Waals surface area contributed by atoms with Gasteiger partial charge in [0, 0.05) is 37.2 Å². The standard InChI is InChI=1S/C30H36O7.C30H34O7/c2*1-19-14-16-24(31)28-26(36-30(3,4)37-28)13-9-12-23-22(21-10-7-6-8-11-21)15-17-25(34-18-33-5)27(23)29(32)35-20(19)2/h6-12,14-17,19-20,24,26,28,31H,13,18H2,1-5H3;6-12,14-17,19-20,26,28H,13,18H2,1-5H3/b2*12-9?,16-14-/t19-,20+,24?,26+,28-;19-,20+,26+,28-/m11/s1. The van der Waals surface area contributed by atoms with Crippen LogP contribution < -0.4 is 9.47 Å². The molecule has 0 bridgehead atoms. The summed E-state index contributed by atoms with van der Waals surface area (Å²) in [6.07, 6.45) is 11.3. The third-order valence-electron chi connectivity index (χ3n) is 13.2. The largest absolute Gasteiger partial charge is 0.467 e. The van der Waals surface area contributed by atoms with E-state index in [1.807, 2.05) is 138 Å². The highest BCUT2D eigenvalue weighted by atomic mass is 16.8. The first-order valence-electron chi connectivity index (χ1n) is 25.1. The second-order valence-electron chi connectivity index (χ2n) is 19.7. The molecule has 0 aliphatic carbocycles. The van der Waals surface area contributed by atoms with Crippen LogP contribution in [0.25, 0.3) is 34.4 Å². The van der Waals surface area contributed by atoms with E-state index in [-0.39, 0.29) is 37.3 Å². The normalized spacial score (nSPS) is 27.5. The molecular formula is C60H70O14. The Morgan fingerprint density at radius 2 is 1.01 bits per heavy atom. The van der Waals surface area contributed by atoms with Crippen molar-refractivity contribution < 1.29 is 66.9 Å². The molecule has 0 radical (unpaired) electrons. The topological polar surface area (TPSA) is 164 Å². The van der Waals surface area contributed by atoms with Gasteiger partial charge in [-0.1, -0.05) is 129 Å². The lowest BCUT2D eigenvalue weighted by Crippen LogP contribution is -2.34. The minimum Gasteiger partial charge on any atom is -0.467 e. The highest BCUT2D eigenvalue weighted by molar-refractivity contribution is 6.01. The number of ether oxygens (including phenoxy) is 10. The molecule has 0 aromatic heterocycles.